The van der Waals surface area contributed by atoms with Crippen molar-refractivity contribution in [3.63, 3.8) is 0 Å². The number of benzene rings is 2. The minimum atomic E-state index is -0.148. The molecule has 0 atom stereocenters. The van der Waals surface area contributed by atoms with Crippen LogP contribution in [0.2, 0.25) is 0 Å². The first-order chi connectivity index (χ1) is 11.5. The third kappa shape index (κ3) is 2.17. The van der Waals surface area contributed by atoms with Gasteiger partial charge in [-0.1, -0.05) is 18.2 Å². The van der Waals surface area contributed by atoms with Gasteiger partial charge in [-0.15, -0.1) is 0 Å². The summed E-state index contributed by atoms with van der Waals surface area (Å²) in [5.74, 6) is -0.148. The summed E-state index contributed by atoms with van der Waals surface area (Å²) in [6, 6.07) is 13.6. The second kappa shape index (κ2) is 5.23. The van der Waals surface area contributed by atoms with Gasteiger partial charge in [0.2, 0.25) is 0 Å². The van der Waals surface area contributed by atoms with E-state index in [2.05, 4.69) is 10.4 Å². The Hall–Kier alpha value is -3.08. The van der Waals surface area contributed by atoms with Gasteiger partial charge in [0.05, 0.1) is 11.3 Å². The molecule has 5 nitrogen and oxygen atoms in total. The first-order valence-electron chi connectivity index (χ1n) is 7.77. The minimum absolute atomic E-state index is 0.148. The van der Waals surface area contributed by atoms with Gasteiger partial charge in [-0.05, 0) is 38.1 Å². The highest BCUT2D eigenvalue weighted by molar-refractivity contribution is 6.09. The second-order valence-corrected chi connectivity index (χ2v) is 5.93. The fourth-order valence-corrected chi connectivity index (χ4v) is 3.10. The molecule has 24 heavy (non-hydrogen) atoms. The SMILES string of the molecule is Cc1nn(C)c(C)c1C(=O)Nc1ccc2oc3ccccc3c2c1. The molecule has 0 unspecified atom stereocenters. The number of nitrogens with one attached hydrogen (secondary N) is 1. The maximum Gasteiger partial charge on any atom is 0.259 e. The Labute approximate surface area is 138 Å². The number of aryl methyl sites for hydroxylation is 2. The molecule has 0 aliphatic carbocycles. The molecule has 0 bridgehead atoms. The summed E-state index contributed by atoms with van der Waals surface area (Å²) in [7, 11) is 1.84. The largest absolute Gasteiger partial charge is 0.456 e. The molecule has 0 fully saturated rings. The standard InChI is InChI=1S/C19H17N3O2/c1-11-18(12(2)22(3)21-11)19(23)20-13-8-9-17-15(10-13)14-6-4-5-7-16(14)24-17/h4-10H,1-3H3,(H,20,23). The predicted octanol–water partition coefficient (Wildman–Crippen LogP) is 4.19. The van der Waals surface area contributed by atoms with Gasteiger partial charge >= 0.3 is 0 Å². The number of fused-ring (bicyclic) bond motifs is 3. The highest BCUT2D eigenvalue weighted by atomic mass is 16.3. The number of anilines is 1. The van der Waals surface area contributed by atoms with Gasteiger partial charge in [-0.25, -0.2) is 0 Å². The lowest BCUT2D eigenvalue weighted by molar-refractivity contribution is 0.102. The fraction of sp³-hybridized carbons (Fsp3) is 0.158. The molecule has 4 rings (SSSR count). The lowest BCUT2D eigenvalue weighted by Gasteiger charge is -2.06. The Morgan fingerprint density at radius 1 is 1.08 bits per heavy atom. The molecule has 4 aromatic rings. The van der Waals surface area contributed by atoms with Gasteiger partial charge < -0.3 is 9.73 Å². The highest BCUT2D eigenvalue weighted by Crippen LogP contribution is 2.30. The van der Waals surface area contributed by atoms with E-state index < -0.39 is 0 Å². The van der Waals surface area contributed by atoms with E-state index in [1.165, 1.54) is 0 Å². The number of furan rings is 1. The number of carbonyl (C=O) groups excluding carboxylic acids is 1. The van der Waals surface area contributed by atoms with Crippen molar-refractivity contribution in [3.05, 3.63) is 59.4 Å². The average Bonchev–Trinajstić information content (AvgIpc) is 3.04. The molecule has 2 heterocycles. The predicted molar refractivity (Wildman–Crippen MR) is 94.4 cm³/mol. The zero-order chi connectivity index (χ0) is 16.8. The maximum absolute atomic E-state index is 12.6. The summed E-state index contributed by atoms with van der Waals surface area (Å²) >= 11 is 0. The lowest BCUT2D eigenvalue weighted by Crippen LogP contribution is -2.14. The molecule has 0 saturated heterocycles. The van der Waals surface area contributed by atoms with Crippen LogP contribution in [0.5, 0.6) is 0 Å². The number of hydrogen-bond donors (Lipinski definition) is 1. The average molecular weight is 319 g/mol. The highest BCUT2D eigenvalue weighted by Gasteiger charge is 2.17. The van der Waals surface area contributed by atoms with Crippen LogP contribution < -0.4 is 5.32 Å². The molecular formula is C19H17N3O2. The number of carbonyl (C=O) groups is 1. The van der Waals surface area contributed by atoms with Gasteiger partial charge in [-0.3, -0.25) is 9.48 Å². The Balaban J connectivity index is 1.74. The number of hydrogen-bond acceptors (Lipinski definition) is 3. The molecule has 0 spiro atoms. The molecule has 0 aliphatic heterocycles. The van der Waals surface area contributed by atoms with Crippen molar-refractivity contribution in [2.24, 2.45) is 7.05 Å². The Morgan fingerprint density at radius 3 is 2.58 bits per heavy atom. The summed E-state index contributed by atoms with van der Waals surface area (Å²) < 4.78 is 7.53. The van der Waals surface area contributed by atoms with Crippen molar-refractivity contribution in [2.75, 3.05) is 5.32 Å². The first kappa shape index (κ1) is 14.5. The van der Waals surface area contributed by atoms with E-state index >= 15 is 0 Å². The van der Waals surface area contributed by atoms with Crippen LogP contribution in [0.3, 0.4) is 0 Å². The molecule has 0 radical (unpaired) electrons. The lowest BCUT2D eigenvalue weighted by atomic mass is 10.1. The summed E-state index contributed by atoms with van der Waals surface area (Å²) in [5.41, 5.74) is 4.58. The molecular weight excluding hydrogens is 302 g/mol. The van der Waals surface area contributed by atoms with Gasteiger partial charge in [0.25, 0.3) is 5.91 Å². The summed E-state index contributed by atoms with van der Waals surface area (Å²) in [6.07, 6.45) is 0. The zero-order valence-corrected chi connectivity index (χ0v) is 13.8. The van der Waals surface area contributed by atoms with Crippen LogP contribution in [0.15, 0.2) is 46.9 Å². The van der Waals surface area contributed by atoms with Crippen molar-refractivity contribution < 1.29 is 9.21 Å². The monoisotopic (exact) mass is 319 g/mol. The molecule has 2 aromatic carbocycles. The normalized spacial score (nSPS) is 11.3. The molecule has 0 aliphatic rings. The Kier molecular flexibility index (Phi) is 3.16. The van der Waals surface area contributed by atoms with Crippen LogP contribution in [-0.2, 0) is 7.05 Å². The Bertz CT molecular complexity index is 1090. The van der Waals surface area contributed by atoms with Crippen LogP contribution in [0, 0.1) is 13.8 Å². The number of aromatic nitrogens is 2. The zero-order valence-electron chi connectivity index (χ0n) is 13.8. The Morgan fingerprint density at radius 2 is 1.83 bits per heavy atom. The van der Waals surface area contributed by atoms with E-state index in [-0.39, 0.29) is 5.91 Å². The summed E-state index contributed by atoms with van der Waals surface area (Å²) in [6.45, 7) is 3.73. The quantitative estimate of drug-likeness (QED) is 0.602. The van der Waals surface area contributed by atoms with Crippen LogP contribution in [0.1, 0.15) is 21.7 Å². The van der Waals surface area contributed by atoms with Crippen molar-refractivity contribution in [1.29, 1.82) is 0 Å². The molecule has 1 N–H and O–H groups in total. The second-order valence-electron chi connectivity index (χ2n) is 5.93. The maximum atomic E-state index is 12.6. The molecule has 5 heteroatoms. The van der Waals surface area contributed by atoms with Gasteiger partial charge in [-0.2, -0.15) is 5.10 Å². The van der Waals surface area contributed by atoms with Gasteiger partial charge in [0.1, 0.15) is 11.2 Å². The summed E-state index contributed by atoms with van der Waals surface area (Å²) in [4.78, 5) is 12.6. The topological polar surface area (TPSA) is 60.1 Å². The number of rotatable bonds is 2. The number of amides is 1. The van der Waals surface area contributed by atoms with E-state index in [9.17, 15) is 4.79 Å². The fourth-order valence-electron chi connectivity index (χ4n) is 3.10. The van der Waals surface area contributed by atoms with Crippen LogP contribution in [-0.4, -0.2) is 15.7 Å². The van der Waals surface area contributed by atoms with Crippen LogP contribution in [0.4, 0.5) is 5.69 Å². The summed E-state index contributed by atoms with van der Waals surface area (Å²) in [5, 5.41) is 9.29. The first-order valence-corrected chi connectivity index (χ1v) is 7.77. The number of para-hydroxylation sites is 1. The number of nitrogens with zero attached hydrogens (tertiary/aromatic N) is 2. The van der Waals surface area contributed by atoms with Crippen LogP contribution >= 0.6 is 0 Å². The minimum Gasteiger partial charge on any atom is -0.456 e. The third-order valence-electron chi connectivity index (χ3n) is 4.37. The van der Waals surface area contributed by atoms with Crippen molar-refractivity contribution in [3.8, 4) is 0 Å². The molecule has 120 valence electrons. The van der Waals surface area contributed by atoms with E-state index in [0.717, 1.165) is 39.0 Å². The van der Waals surface area contributed by atoms with Crippen LogP contribution in [0.25, 0.3) is 21.9 Å². The van der Waals surface area contributed by atoms with Gasteiger partial charge in [0.15, 0.2) is 0 Å². The molecule has 0 saturated carbocycles. The van der Waals surface area contributed by atoms with E-state index in [1.807, 2.05) is 63.4 Å². The molecule has 1 amide bonds. The van der Waals surface area contributed by atoms with Crippen molar-refractivity contribution >= 4 is 33.5 Å². The van der Waals surface area contributed by atoms with E-state index in [0.29, 0.717) is 5.56 Å². The van der Waals surface area contributed by atoms with Crippen molar-refractivity contribution in [2.45, 2.75) is 13.8 Å². The molecule has 2 aromatic heterocycles. The van der Waals surface area contributed by atoms with Gasteiger partial charge in [0, 0.05) is 29.2 Å². The smallest absolute Gasteiger partial charge is 0.259 e. The van der Waals surface area contributed by atoms with E-state index in [1.54, 1.807) is 4.68 Å². The van der Waals surface area contributed by atoms with Crippen molar-refractivity contribution in [1.82, 2.24) is 9.78 Å². The van der Waals surface area contributed by atoms with E-state index in [4.69, 9.17) is 4.42 Å². The third-order valence-corrected chi connectivity index (χ3v) is 4.37.